The average molecular weight is 400 g/mol. The van der Waals surface area contributed by atoms with Crippen molar-refractivity contribution < 1.29 is 14.0 Å². The number of carbonyl (C=O) groups excluding carboxylic acids is 2. The Kier molecular flexibility index (Phi) is 5.44. The monoisotopic (exact) mass is 400 g/mol. The number of nitrogens with zero attached hydrogens (tertiary/aromatic N) is 2. The van der Waals surface area contributed by atoms with Gasteiger partial charge in [-0.05, 0) is 41.8 Å². The molecule has 0 fully saturated rings. The highest BCUT2D eigenvalue weighted by molar-refractivity contribution is 6.36. The Hall–Kier alpha value is -3.73. The predicted octanol–water partition coefficient (Wildman–Crippen LogP) is 4.28. The van der Waals surface area contributed by atoms with Gasteiger partial charge in [-0.1, -0.05) is 60.7 Å². The fraction of sp³-hybridized carbons (Fsp3) is 0.120. The molecule has 0 N–H and O–H groups in total. The summed E-state index contributed by atoms with van der Waals surface area (Å²) in [6, 6.07) is 24.8. The number of anilines is 1. The molecule has 1 aliphatic rings. The van der Waals surface area contributed by atoms with Crippen molar-refractivity contribution in [3.05, 3.63) is 108 Å². The number of benzene rings is 3. The summed E-state index contributed by atoms with van der Waals surface area (Å²) in [5.41, 5.74) is 2.95. The fourth-order valence-electron chi connectivity index (χ4n) is 3.62. The summed E-state index contributed by atoms with van der Waals surface area (Å²) in [6.45, 7) is 0.276. The van der Waals surface area contributed by atoms with Gasteiger partial charge in [0.05, 0.1) is 5.57 Å². The minimum atomic E-state index is -0.393. The lowest BCUT2D eigenvalue weighted by molar-refractivity contribution is -0.136. The zero-order valence-corrected chi connectivity index (χ0v) is 16.6. The van der Waals surface area contributed by atoms with Gasteiger partial charge in [0.15, 0.2) is 0 Å². The lowest BCUT2D eigenvalue weighted by Gasteiger charge is -2.21. The molecule has 0 radical (unpaired) electrons. The minimum Gasteiger partial charge on any atom is -0.339 e. The first-order valence-corrected chi connectivity index (χ1v) is 9.75. The second-order valence-corrected chi connectivity index (χ2v) is 7.12. The molecular formula is C25H21FN2O2. The Balaban J connectivity index is 1.71. The van der Waals surface area contributed by atoms with Crippen molar-refractivity contribution in [2.24, 2.45) is 0 Å². The molecule has 0 bridgehead atoms. The van der Waals surface area contributed by atoms with Crippen molar-refractivity contribution in [3.8, 4) is 0 Å². The highest BCUT2D eigenvalue weighted by Crippen LogP contribution is 2.33. The molecular weight excluding hydrogens is 379 g/mol. The van der Waals surface area contributed by atoms with Crippen molar-refractivity contribution in [2.45, 2.75) is 6.42 Å². The SMILES string of the molecule is CN(C1=C(c2ccc(F)cc2)C(=O)N(CCc2ccccc2)C1=O)c1ccccc1. The summed E-state index contributed by atoms with van der Waals surface area (Å²) in [4.78, 5) is 29.6. The molecule has 0 spiro atoms. The van der Waals surface area contributed by atoms with Crippen molar-refractivity contribution in [1.82, 2.24) is 4.90 Å². The molecule has 0 saturated heterocycles. The van der Waals surface area contributed by atoms with Crippen LogP contribution in [0.3, 0.4) is 0 Å². The maximum absolute atomic E-state index is 13.5. The average Bonchev–Trinajstić information content (AvgIpc) is 3.03. The number of carbonyl (C=O) groups is 2. The van der Waals surface area contributed by atoms with Crippen LogP contribution in [0, 0.1) is 5.82 Å². The van der Waals surface area contributed by atoms with E-state index in [-0.39, 0.29) is 18.4 Å². The molecule has 4 nitrogen and oxygen atoms in total. The topological polar surface area (TPSA) is 40.6 Å². The van der Waals surface area contributed by atoms with Crippen LogP contribution in [0.2, 0.25) is 0 Å². The highest BCUT2D eigenvalue weighted by atomic mass is 19.1. The van der Waals surface area contributed by atoms with E-state index in [1.165, 1.54) is 29.2 Å². The largest absolute Gasteiger partial charge is 0.339 e. The fourth-order valence-corrected chi connectivity index (χ4v) is 3.62. The molecule has 4 rings (SSSR count). The highest BCUT2D eigenvalue weighted by Gasteiger charge is 2.40. The molecule has 1 aliphatic heterocycles. The van der Waals surface area contributed by atoms with Gasteiger partial charge in [0, 0.05) is 19.3 Å². The number of amides is 2. The van der Waals surface area contributed by atoms with Crippen LogP contribution in [-0.4, -0.2) is 30.3 Å². The zero-order chi connectivity index (χ0) is 21.1. The van der Waals surface area contributed by atoms with Gasteiger partial charge in [-0.25, -0.2) is 4.39 Å². The number of hydrogen-bond donors (Lipinski definition) is 0. The van der Waals surface area contributed by atoms with Crippen LogP contribution in [0.4, 0.5) is 10.1 Å². The summed E-state index contributed by atoms with van der Waals surface area (Å²) in [7, 11) is 1.76. The Morgan fingerprint density at radius 3 is 2.03 bits per heavy atom. The molecule has 0 aliphatic carbocycles. The van der Waals surface area contributed by atoms with Gasteiger partial charge in [-0.3, -0.25) is 14.5 Å². The number of halogens is 1. The number of hydrogen-bond acceptors (Lipinski definition) is 3. The predicted molar refractivity (Wildman–Crippen MR) is 115 cm³/mol. The first-order valence-electron chi connectivity index (χ1n) is 9.75. The molecule has 0 aromatic heterocycles. The molecule has 0 atom stereocenters. The third kappa shape index (κ3) is 3.74. The molecule has 150 valence electrons. The van der Waals surface area contributed by atoms with Crippen molar-refractivity contribution >= 4 is 23.1 Å². The second kappa shape index (κ2) is 8.33. The van der Waals surface area contributed by atoms with Gasteiger partial charge in [0.2, 0.25) is 0 Å². The number of likely N-dealkylation sites (N-methyl/N-ethyl adjacent to an activating group) is 1. The lowest BCUT2D eigenvalue weighted by Crippen LogP contribution is -2.35. The van der Waals surface area contributed by atoms with Crippen molar-refractivity contribution in [3.63, 3.8) is 0 Å². The summed E-state index contributed by atoms with van der Waals surface area (Å²) >= 11 is 0. The van der Waals surface area contributed by atoms with E-state index in [0.717, 1.165) is 11.3 Å². The van der Waals surface area contributed by atoms with Crippen LogP contribution in [0.5, 0.6) is 0 Å². The smallest absolute Gasteiger partial charge is 0.278 e. The Morgan fingerprint density at radius 2 is 1.40 bits per heavy atom. The number of rotatable bonds is 6. The van der Waals surface area contributed by atoms with Crippen LogP contribution in [0.15, 0.2) is 90.6 Å². The van der Waals surface area contributed by atoms with Crippen LogP contribution >= 0.6 is 0 Å². The quantitative estimate of drug-likeness (QED) is 0.580. The summed E-state index contributed by atoms with van der Waals surface area (Å²) < 4.78 is 13.5. The third-order valence-corrected chi connectivity index (χ3v) is 5.22. The normalized spacial score (nSPS) is 13.9. The molecule has 5 heteroatoms. The van der Waals surface area contributed by atoms with E-state index in [2.05, 4.69) is 0 Å². The molecule has 3 aromatic rings. The molecule has 0 unspecified atom stereocenters. The van der Waals surface area contributed by atoms with Crippen LogP contribution in [0.1, 0.15) is 11.1 Å². The first-order chi connectivity index (χ1) is 14.6. The maximum atomic E-state index is 13.5. The van der Waals surface area contributed by atoms with Crippen molar-refractivity contribution in [1.29, 1.82) is 0 Å². The second-order valence-electron chi connectivity index (χ2n) is 7.12. The van der Waals surface area contributed by atoms with E-state index in [9.17, 15) is 14.0 Å². The number of para-hydroxylation sites is 1. The van der Waals surface area contributed by atoms with Gasteiger partial charge in [0.25, 0.3) is 11.8 Å². The van der Waals surface area contributed by atoms with Gasteiger partial charge in [-0.15, -0.1) is 0 Å². The number of imide groups is 1. The summed E-state index contributed by atoms with van der Waals surface area (Å²) in [6.07, 6.45) is 0.567. The van der Waals surface area contributed by atoms with Crippen LogP contribution < -0.4 is 4.90 Å². The van der Waals surface area contributed by atoms with Crippen molar-refractivity contribution in [2.75, 3.05) is 18.5 Å². The Morgan fingerprint density at radius 1 is 0.800 bits per heavy atom. The van der Waals surface area contributed by atoms with E-state index in [1.807, 2.05) is 60.7 Å². The van der Waals surface area contributed by atoms with E-state index >= 15 is 0 Å². The molecule has 30 heavy (non-hydrogen) atoms. The van der Waals surface area contributed by atoms with Crippen LogP contribution in [-0.2, 0) is 16.0 Å². The first kappa shape index (κ1) is 19.6. The van der Waals surface area contributed by atoms with Gasteiger partial charge < -0.3 is 4.90 Å². The van der Waals surface area contributed by atoms with Gasteiger partial charge >= 0.3 is 0 Å². The van der Waals surface area contributed by atoms with Crippen LogP contribution in [0.25, 0.3) is 5.57 Å². The summed E-state index contributed by atoms with van der Waals surface area (Å²) in [5, 5.41) is 0. The zero-order valence-electron chi connectivity index (χ0n) is 16.6. The Bertz CT molecular complexity index is 1090. The van der Waals surface area contributed by atoms with E-state index in [1.54, 1.807) is 11.9 Å². The van der Waals surface area contributed by atoms with E-state index in [0.29, 0.717) is 23.3 Å². The van der Waals surface area contributed by atoms with Gasteiger partial charge in [0.1, 0.15) is 11.5 Å². The minimum absolute atomic E-state index is 0.276. The van der Waals surface area contributed by atoms with E-state index < -0.39 is 5.82 Å². The molecule has 0 saturated carbocycles. The molecule has 2 amide bonds. The maximum Gasteiger partial charge on any atom is 0.278 e. The van der Waals surface area contributed by atoms with E-state index in [4.69, 9.17) is 0 Å². The third-order valence-electron chi connectivity index (χ3n) is 5.22. The Labute approximate surface area is 174 Å². The standard InChI is InChI=1S/C25H21FN2O2/c1-27(21-10-6-3-7-11-21)23-22(19-12-14-20(26)15-13-19)24(29)28(25(23)30)17-16-18-8-4-2-5-9-18/h2-15H,16-17H2,1H3. The lowest BCUT2D eigenvalue weighted by atomic mass is 10.0. The molecule has 3 aromatic carbocycles. The molecule has 1 heterocycles. The van der Waals surface area contributed by atoms with Gasteiger partial charge in [-0.2, -0.15) is 0 Å². The summed E-state index contributed by atoms with van der Waals surface area (Å²) in [5.74, 6) is -1.10.